The van der Waals surface area contributed by atoms with E-state index in [1.807, 2.05) is 11.5 Å². The van der Waals surface area contributed by atoms with E-state index in [4.69, 9.17) is 12.2 Å². The van der Waals surface area contributed by atoms with Gasteiger partial charge in [0.05, 0.1) is 4.90 Å². The molecule has 0 unspecified atom stereocenters. The third kappa shape index (κ3) is 3.24. The molecule has 3 aromatic rings. The molecule has 0 atom stereocenters. The van der Waals surface area contributed by atoms with Gasteiger partial charge in [0.15, 0.2) is 10.6 Å². The highest BCUT2D eigenvalue weighted by Crippen LogP contribution is 2.21. The van der Waals surface area contributed by atoms with E-state index in [0.29, 0.717) is 17.0 Å². The lowest BCUT2D eigenvalue weighted by Crippen LogP contribution is -2.12. The van der Waals surface area contributed by atoms with Crippen molar-refractivity contribution in [2.75, 3.05) is 4.72 Å². The third-order valence-corrected chi connectivity index (χ3v) is 5.23. The van der Waals surface area contributed by atoms with Gasteiger partial charge in [0, 0.05) is 17.8 Å². The Morgan fingerprint density at radius 1 is 1.12 bits per heavy atom. The number of aromatic amines is 1. The first-order valence-electron chi connectivity index (χ1n) is 7.35. The number of aromatic nitrogens is 3. The van der Waals surface area contributed by atoms with Gasteiger partial charge in [0.2, 0.25) is 0 Å². The maximum atomic E-state index is 12.3. The Morgan fingerprint density at radius 2 is 1.79 bits per heavy atom. The summed E-state index contributed by atoms with van der Waals surface area (Å²) in [4.78, 5) is 0.223. The molecule has 1 aromatic heterocycles. The van der Waals surface area contributed by atoms with Crippen LogP contribution in [0.3, 0.4) is 0 Å². The predicted molar refractivity (Wildman–Crippen MR) is 95.8 cm³/mol. The van der Waals surface area contributed by atoms with Gasteiger partial charge in [-0.15, -0.1) is 0 Å². The van der Waals surface area contributed by atoms with Crippen LogP contribution in [0, 0.1) is 4.77 Å². The molecule has 24 heavy (non-hydrogen) atoms. The Bertz CT molecular complexity index is 991. The second-order valence-electron chi connectivity index (χ2n) is 5.09. The molecule has 0 radical (unpaired) electrons. The lowest BCUT2D eigenvalue weighted by molar-refractivity contribution is 0.601. The van der Waals surface area contributed by atoms with Crippen LogP contribution in [0.1, 0.15) is 6.92 Å². The van der Waals surface area contributed by atoms with Crippen molar-refractivity contribution in [2.45, 2.75) is 18.4 Å². The zero-order valence-electron chi connectivity index (χ0n) is 12.9. The summed E-state index contributed by atoms with van der Waals surface area (Å²) in [5.74, 6) is 0.722. The highest BCUT2D eigenvalue weighted by Gasteiger charge is 2.14. The summed E-state index contributed by atoms with van der Waals surface area (Å²) in [6.07, 6.45) is 0. The van der Waals surface area contributed by atoms with Crippen molar-refractivity contribution in [3.8, 4) is 11.4 Å². The van der Waals surface area contributed by atoms with Crippen molar-refractivity contribution in [1.29, 1.82) is 0 Å². The smallest absolute Gasteiger partial charge is 0.261 e. The SMILES string of the molecule is CCn1c(-c2ccc(NS(=O)(=O)c3ccccc3)cc2)n[nH]c1=S. The monoisotopic (exact) mass is 360 g/mol. The van der Waals surface area contributed by atoms with E-state index in [9.17, 15) is 8.42 Å². The second-order valence-corrected chi connectivity index (χ2v) is 7.16. The van der Waals surface area contributed by atoms with Crippen LogP contribution in [0.15, 0.2) is 59.5 Å². The standard InChI is InChI=1S/C16H16N4O2S2/c1-2-20-15(17-18-16(20)23)12-8-10-13(11-9-12)19-24(21,22)14-6-4-3-5-7-14/h3-11,19H,2H2,1H3,(H,18,23). The van der Waals surface area contributed by atoms with Crippen LogP contribution in [0.25, 0.3) is 11.4 Å². The van der Waals surface area contributed by atoms with E-state index in [1.165, 1.54) is 0 Å². The Balaban J connectivity index is 1.86. The van der Waals surface area contributed by atoms with E-state index in [0.717, 1.165) is 11.4 Å². The number of benzene rings is 2. The van der Waals surface area contributed by atoms with Crippen molar-refractivity contribution in [3.63, 3.8) is 0 Å². The minimum Gasteiger partial charge on any atom is -0.300 e. The van der Waals surface area contributed by atoms with Crippen LogP contribution in [0.2, 0.25) is 0 Å². The Kier molecular flexibility index (Phi) is 4.50. The van der Waals surface area contributed by atoms with E-state index in [2.05, 4.69) is 14.9 Å². The van der Waals surface area contributed by atoms with Crippen LogP contribution in [-0.2, 0) is 16.6 Å². The highest BCUT2D eigenvalue weighted by molar-refractivity contribution is 7.92. The van der Waals surface area contributed by atoms with Crippen molar-refractivity contribution in [1.82, 2.24) is 14.8 Å². The Hall–Kier alpha value is -2.45. The summed E-state index contributed by atoms with van der Waals surface area (Å²) in [6, 6.07) is 15.3. The quantitative estimate of drug-likeness (QED) is 0.683. The maximum Gasteiger partial charge on any atom is 0.261 e. The fraction of sp³-hybridized carbons (Fsp3) is 0.125. The van der Waals surface area contributed by atoms with Gasteiger partial charge < -0.3 is 4.57 Å². The van der Waals surface area contributed by atoms with Gasteiger partial charge >= 0.3 is 0 Å². The van der Waals surface area contributed by atoms with Crippen LogP contribution in [0.4, 0.5) is 5.69 Å². The minimum atomic E-state index is -3.59. The lowest BCUT2D eigenvalue weighted by atomic mass is 10.2. The predicted octanol–water partition coefficient (Wildman–Crippen LogP) is 3.43. The first-order valence-corrected chi connectivity index (χ1v) is 9.24. The average molecular weight is 360 g/mol. The summed E-state index contributed by atoms with van der Waals surface area (Å²) in [5, 5.41) is 6.98. The zero-order chi connectivity index (χ0) is 17.2. The molecule has 6 nitrogen and oxygen atoms in total. The van der Waals surface area contributed by atoms with Gasteiger partial charge in [0.1, 0.15) is 0 Å². The van der Waals surface area contributed by atoms with Crippen molar-refractivity contribution < 1.29 is 8.42 Å². The molecule has 0 bridgehead atoms. The maximum absolute atomic E-state index is 12.3. The molecule has 0 aliphatic rings. The summed E-state index contributed by atoms with van der Waals surface area (Å²) >= 11 is 5.18. The van der Waals surface area contributed by atoms with Crippen molar-refractivity contribution >= 4 is 27.9 Å². The first-order chi connectivity index (χ1) is 11.5. The normalized spacial score (nSPS) is 11.4. The van der Waals surface area contributed by atoms with Crippen LogP contribution < -0.4 is 4.72 Å². The highest BCUT2D eigenvalue weighted by atomic mass is 32.2. The molecule has 0 fully saturated rings. The zero-order valence-corrected chi connectivity index (χ0v) is 14.6. The van der Waals surface area contributed by atoms with Gasteiger partial charge in [-0.25, -0.2) is 8.42 Å². The van der Waals surface area contributed by atoms with Gasteiger partial charge in [-0.05, 0) is 55.5 Å². The summed E-state index contributed by atoms with van der Waals surface area (Å²) in [5.41, 5.74) is 1.34. The molecule has 3 rings (SSSR count). The van der Waals surface area contributed by atoms with Crippen LogP contribution in [0.5, 0.6) is 0 Å². The Labute approximate surface area is 145 Å². The molecule has 0 amide bonds. The van der Waals surface area contributed by atoms with E-state index >= 15 is 0 Å². The fourth-order valence-electron chi connectivity index (χ4n) is 2.33. The molecular weight excluding hydrogens is 344 g/mol. The van der Waals surface area contributed by atoms with Gasteiger partial charge in [-0.2, -0.15) is 5.10 Å². The van der Waals surface area contributed by atoms with Crippen LogP contribution >= 0.6 is 12.2 Å². The molecule has 0 saturated carbocycles. The van der Waals surface area contributed by atoms with E-state index < -0.39 is 10.0 Å². The molecule has 0 aliphatic heterocycles. The number of H-pyrrole nitrogens is 1. The van der Waals surface area contributed by atoms with Crippen LogP contribution in [-0.4, -0.2) is 23.2 Å². The molecule has 8 heteroatoms. The number of anilines is 1. The largest absolute Gasteiger partial charge is 0.300 e. The third-order valence-electron chi connectivity index (χ3n) is 3.52. The average Bonchev–Trinajstić information content (AvgIpc) is 2.97. The Morgan fingerprint density at radius 3 is 2.42 bits per heavy atom. The number of nitrogens with one attached hydrogen (secondary N) is 2. The molecule has 124 valence electrons. The summed E-state index contributed by atoms with van der Waals surface area (Å²) in [7, 11) is -3.59. The lowest BCUT2D eigenvalue weighted by Gasteiger charge is -2.09. The number of hydrogen-bond acceptors (Lipinski definition) is 4. The first kappa shape index (κ1) is 16.4. The van der Waals surface area contributed by atoms with Gasteiger partial charge in [0.25, 0.3) is 10.0 Å². The number of sulfonamides is 1. The minimum absolute atomic E-state index is 0.223. The van der Waals surface area contributed by atoms with E-state index in [-0.39, 0.29) is 4.90 Å². The van der Waals surface area contributed by atoms with Crippen molar-refractivity contribution in [2.24, 2.45) is 0 Å². The molecule has 0 spiro atoms. The molecule has 0 aliphatic carbocycles. The topological polar surface area (TPSA) is 79.8 Å². The molecule has 1 heterocycles. The second kappa shape index (κ2) is 6.58. The number of nitrogens with zero attached hydrogens (tertiary/aromatic N) is 2. The molecule has 2 N–H and O–H groups in total. The van der Waals surface area contributed by atoms with Gasteiger partial charge in [-0.1, -0.05) is 18.2 Å². The van der Waals surface area contributed by atoms with Crippen molar-refractivity contribution in [3.05, 3.63) is 59.4 Å². The molecule has 0 saturated heterocycles. The van der Waals surface area contributed by atoms with Gasteiger partial charge in [-0.3, -0.25) is 9.82 Å². The number of rotatable bonds is 5. The summed E-state index contributed by atoms with van der Waals surface area (Å²) in [6.45, 7) is 2.68. The van der Waals surface area contributed by atoms with E-state index in [1.54, 1.807) is 54.6 Å². The molecule has 2 aromatic carbocycles. The fourth-order valence-corrected chi connectivity index (χ4v) is 3.67. The summed E-state index contributed by atoms with van der Waals surface area (Å²) < 4.78 is 29.6. The number of hydrogen-bond donors (Lipinski definition) is 2. The molecular formula is C16H16N4O2S2.